The van der Waals surface area contributed by atoms with Crippen LogP contribution in [0.4, 0.5) is 0 Å². The van der Waals surface area contributed by atoms with Crippen LogP contribution in [0, 0.1) is 0 Å². The van der Waals surface area contributed by atoms with Gasteiger partial charge in [-0.3, -0.25) is 0 Å². The standard InChI is InChI=1S/C38H46O6S2.Na/c1-4-6-8-9-12-25-43-28(3)29-14-13-15-31(26-29)38(39)35-17-11-10-16-34(35)30-18-23-36(37(27-30)46(40,41)42)45-33-21-19-32(20-22-33)44-24-7-5-2;/h10-11,13-23,26-28,38-39H,4-9,12,24-25H2,1-3H3,(H,40,41,42);/q;+1/p-1. The predicted octanol–water partition coefficient (Wildman–Crippen LogP) is 6.72. The maximum absolute atomic E-state index is 12.5. The van der Waals surface area contributed by atoms with Gasteiger partial charge >= 0.3 is 29.6 Å². The second-order valence-electron chi connectivity index (χ2n) is 11.5. The molecule has 2 unspecified atom stereocenters. The Hall–Kier alpha value is -2.14. The second-order valence-corrected chi connectivity index (χ2v) is 13.9. The molecule has 0 saturated carbocycles. The molecule has 0 heterocycles. The van der Waals surface area contributed by atoms with E-state index < -0.39 is 16.2 Å². The van der Waals surface area contributed by atoms with E-state index in [1.807, 2.05) is 79.7 Å². The minimum atomic E-state index is -4.79. The van der Waals surface area contributed by atoms with Crippen LogP contribution in [0.25, 0.3) is 11.1 Å². The molecule has 0 fully saturated rings. The Bertz CT molecular complexity index is 1640. The first-order valence-corrected chi connectivity index (χ1v) is 18.4. The maximum atomic E-state index is 12.5. The summed E-state index contributed by atoms with van der Waals surface area (Å²) in [6.07, 6.45) is 6.79. The topological polar surface area (TPSA) is 95.9 Å². The SMILES string of the molecule is CCCCCCCOC(C)c1cccc(C(O)c2ccccc2-c2ccc(Sc3ccc(OCCCC)cc3)c(S(=O)(=O)[O-])c2)c1.[Na+]. The number of ether oxygens (including phenoxy) is 2. The molecule has 4 aromatic rings. The van der Waals surface area contributed by atoms with Gasteiger partial charge in [0.2, 0.25) is 0 Å². The Morgan fingerprint density at radius 2 is 1.49 bits per heavy atom. The van der Waals surface area contributed by atoms with Gasteiger partial charge < -0.3 is 19.1 Å². The minimum absolute atomic E-state index is 0. The van der Waals surface area contributed by atoms with Gasteiger partial charge in [-0.15, -0.1) is 0 Å². The number of aliphatic hydroxyl groups is 1. The summed E-state index contributed by atoms with van der Waals surface area (Å²) in [7, 11) is -4.79. The van der Waals surface area contributed by atoms with Crippen molar-refractivity contribution >= 4 is 21.9 Å². The number of benzene rings is 4. The smallest absolute Gasteiger partial charge is 0.744 e. The molecule has 6 nitrogen and oxygen atoms in total. The summed E-state index contributed by atoms with van der Waals surface area (Å²) in [5, 5.41) is 11.6. The molecule has 4 rings (SSSR count). The van der Waals surface area contributed by atoms with E-state index in [1.165, 1.54) is 37.1 Å². The largest absolute Gasteiger partial charge is 1.00 e. The van der Waals surface area contributed by atoms with Crippen molar-refractivity contribution in [2.24, 2.45) is 0 Å². The fourth-order valence-corrected chi connectivity index (χ4v) is 7.08. The van der Waals surface area contributed by atoms with Crippen LogP contribution in [-0.2, 0) is 14.9 Å². The average Bonchev–Trinajstić information content (AvgIpc) is 3.06. The molecular weight excluding hydrogens is 640 g/mol. The van der Waals surface area contributed by atoms with Gasteiger partial charge in [0.15, 0.2) is 0 Å². The quantitative estimate of drug-likeness (QED) is 0.0707. The van der Waals surface area contributed by atoms with Crippen LogP contribution < -0.4 is 34.3 Å². The Labute approximate surface area is 307 Å². The molecule has 0 aliphatic rings. The van der Waals surface area contributed by atoms with Crippen LogP contribution in [-0.4, -0.2) is 31.3 Å². The Morgan fingerprint density at radius 3 is 2.21 bits per heavy atom. The summed E-state index contributed by atoms with van der Waals surface area (Å²) in [6.45, 7) is 7.65. The average molecular weight is 685 g/mol. The molecule has 0 saturated heterocycles. The molecule has 9 heteroatoms. The first kappa shape index (κ1) is 39.3. The van der Waals surface area contributed by atoms with Gasteiger partial charge in [-0.05, 0) is 84.0 Å². The van der Waals surface area contributed by atoms with Gasteiger partial charge in [0.25, 0.3) is 0 Å². The van der Waals surface area contributed by atoms with E-state index in [0.29, 0.717) is 40.4 Å². The molecule has 0 aromatic heterocycles. The minimum Gasteiger partial charge on any atom is -0.744 e. The molecule has 0 bridgehead atoms. The summed E-state index contributed by atoms with van der Waals surface area (Å²) in [6, 6.07) is 27.3. The molecule has 1 N–H and O–H groups in total. The summed E-state index contributed by atoms with van der Waals surface area (Å²) in [5.41, 5.74) is 3.46. The molecular formula is C38H45NaO6S2. The Kier molecular flexibility index (Phi) is 16.5. The van der Waals surface area contributed by atoms with Gasteiger partial charge in [0.05, 0.1) is 17.6 Å². The van der Waals surface area contributed by atoms with Crippen molar-refractivity contribution < 1.29 is 57.1 Å². The van der Waals surface area contributed by atoms with Crippen LogP contribution in [0.1, 0.15) is 94.6 Å². The van der Waals surface area contributed by atoms with Gasteiger partial charge in [-0.25, -0.2) is 8.42 Å². The first-order valence-electron chi connectivity index (χ1n) is 16.2. The molecule has 4 aromatic carbocycles. The number of unbranched alkanes of at least 4 members (excludes halogenated alkanes) is 5. The molecule has 0 amide bonds. The first-order chi connectivity index (χ1) is 22.2. The number of hydrogen-bond acceptors (Lipinski definition) is 7. The summed E-state index contributed by atoms with van der Waals surface area (Å²) >= 11 is 1.21. The van der Waals surface area contributed by atoms with Gasteiger partial charge in [0.1, 0.15) is 22.0 Å². The molecule has 246 valence electrons. The summed E-state index contributed by atoms with van der Waals surface area (Å²) in [4.78, 5) is 0.819. The van der Waals surface area contributed by atoms with E-state index in [4.69, 9.17) is 9.47 Å². The van der Waals surface area contributed by atoms with Crippen molar-refractivity contribution in [3.63, 3.8) is 0 Å². The van der Waals surface area contributed by atoms with Crippen molar-refractivity contribution in [3.05, 3.63) is 108 Å². The zero-order chi connectivity index (χ0) is 32.9. The van der Waals surface area contributed by atoms with Crippen molar-refractivity contribution in [2.75, 3.05) is 13.2 Å². The number of hydrogen-bond donors (Lipinski definition) is 1. The normalized spacial score (nSPS) is 12.7. The Balaban J connectivity index is 0.00000600. The van der Waals surface area contributed by atoms with Gasteiger partial charge in [-0.2, -0.15) is 0 Å². The summed E-state index contributed by atoms with van der Waals surface area (Å²) < 4.78 is 49.2. The van der Waals surface area contributed by atoms with Crippen LogP contribution in [0.3, 0.4) is 0 Å². The van der Waals surface area contributed by atoms with Crippen molar-refractivity contribution in [3.8, 4) is 16.9 Å². The van der Waals surface area contributed by atoms with Crippen LogP contribution in [0.15, 0.2) is 106 Å². The van der Waals surface area contributed by atoms with Crippen LogP contribution >= 0.6 is 11.8 Å². The Morgan fingerprint density at radius 1 is 0.787 bits per heavy atom. The molecule has 0 aliphatic carbocycles. The summed E-state index contributed by atoms with van der Waals surface area (Å²) in [5.74, 6) is 0.741. The van der Waals surface area contributed by atoms with Crippen LogP contribution in [0.2, 0.25) is 0 Å². The van der Waals surface area contributed by atoms with E-state index in [2.05, 4.69) is 13.8 Å². The van der Waals surface area contributed by atoms with Crippen molar-refractivity contribution in [1.82, 2.24) is 0 Å². The number of rotatable bonds is 18. The molecule has 0 spiro atoms. The monoisotopic (exact) mass is 684 g/mol. The molecule has 47 heavy (non-hydrogen) atoms. The van der Waals surface area contributed by atoms with Crippen molar-refractivity contribution in [1.29, 1.82) is 0 Å². The zero-order valence-corrected chi connectivity index (χ0v) is 31.6. The molecule has 2 atom stereocenters. The third kappa shape index (κ3) is 11.8. The zero-order valence-electron chi connectivity index (χ0n) is 28.0. The fraction of sp³-hybridized carbons (Fsp3) is 0.368. The molecule has 0 radical (unpaired) electrons. The van der Waals surface area contributed by atoms with E-state index >= 15 is 0 Å². The number of aliphatic hydroxyl groups excluding tert-OH is 1. The maximum Gasteiger partial charge on any atom is 1.00 e. The third-order valence-corrected chi connectivity index (χ3v) is 10.00. The predicted molar refractivity (Wildman–Crippen MR) is 184 cm³/mol. The van der Waals surface area contributed by atoms with Gasteiger partial charge in [0, 0.05) is 16.4 Å². The second kappa shape index (κ2) is 19.8. The van der Waals surface area contributed by atoms with E-state index in [1.54, 1.807) is 12.1 Å². The van der Waals surface area contributed by atoms with Gasteiger partial charge in [-0.1, -0.05) is 112 Å². The van der Waals surface area contributed by atoms with E-state index in [9.17, 15) is 18.1 Å². The van der Waals surface area contributed by atoms with E-state index in [0.717, 1.165) is 41.9 Å². The van der Waals surface area contributed by atoms with Crippen LogP contribution in [0.5, 0.6) is 5.75 Å². The van der Waals surface area contributed by atoms with E-state index in [-0.39, 0.29) is 40.6 Å². The third-order valence-electron chi connectivity index (χ3n) is 7.91. The molecule has 0 aliphatic heterocycles. The fourth-order valence-electron chi connectivity index (χ4n) is 5.24. The van der Waals surface area contributed by atoms with Crippen molar-refractivity contribution in [2.45, 2.75) is 92.6 Å².